The molecule has 1 heterocycles. The number of anilines is 1. The van der Waals surface area contributed by atoms with Crippen molar-refractivity contribution < 1.29 is 40.4 Å². The van der Waals surface area contributed by atoms with Crippen LogP contribution in [0.3, 0.4) is 0 Å². The van der Waals surface area contributed by atoms with Gasteiger partial charge in [-0.1, -0.05) is 0 Å². The number of urea groups is 1. The van der Waals surface area contributed by atoms with Crippen molar-refractivity contribution in [2.24, 2.45) is 0 Å². The van der Waals surface area contributed by atoms with Crippen molar-refractivity contribution in [3.8, 4) is 0 Å². The Morgan fingerprint density at radius 3 is 2.23 bits per heavy atom. The molecule has 7 N–H and O–H groups in total. The van der Waals surface area contributed by atoms with Gasteiger partial charge in [0.2, 0.25) is 0 Å². The molecule has 1 aliphatic heterocycles. The summed E-state index contributed by atoms with van der Waals surface area (Å²) in [4.78, 5) is 22.9. The summed E-state index contributed by atoms with van der Waals surface area (Å²) in [6.07, 6.45) is -9.19. The fourth-order valence-electron chi connectivity index (χ4n) is 2.58. The molecular formula is C14H19N3O9. The Bertz CT molecular complexity index is 656. The van der Waals surface area contributed by atoms with E-state index in [0.717, 1.165) is 17.0 Å². The Hall–Kier alpha value is -2.35. The number of nitro groups is 1. The van der Waals surface area contributed by atoms with Gasteiger partial charge in [0.1, 0.15) is 30.5 Å². The minimum Gasteiger partial charge on any atom is -0.394 e. The van der Waals surface area contributed by atoms with Crippen LogP contribution in [0.15, 0.2) is 24.3 Å². The van der Waals surface area contributed by atoms with Gasteiger partial charge in [-0.15, -0.1) is 0 Å². The molecule has 1 saturated heterocycles. The molecule has 12 nitrogen and oxygen atoms in total. The molecule has 144 valence electrons. The number of hydrogen-bond acceptors (Lipinski definition) is 9. The normalized spacial score (nSPS) is 24.7. The molecular weight excluding hydrogens is 354 g/mol. The van der Waals surface area contributed by atoms with Crippen LogP contribution in [0.4, 0.5) is 16.2 Å². The second-order valence-electron chi connectivity index (χ2n) is 5.75. The van der Waals surface area contributed by atoms with Gasteiger partial charge >= 0.3 is 6.03 Å². The lowest BCUT2D eigenvalue weighted by Gasteiger charge is -2.30. The number of carbonyl (C=O) groups excluding carboxylic acids is 1. The molecule has 0 spiro atoms. The van der Waals surface area contributed by atoms with E-state index in [0.29, 0.717) is 0 Å². The van der Waals surface area contributed by atoms with Gasteiger partial charge in [0, 0.05) is 17.8 Å². The van der Waals surface area contributed by atoms with Gasteiger partial charge in [-0.05, 0) is 12.1 Å². The maximum Gasteiger partial charge on any atom is 0.324 e. The monoisotopic (exact) mass is 373 g/mol. The third-order valence-corrected chi connectivity index (χ3v) is 4.08. The Labute approximate surface area is 146 Å². The topological polar surface area (TPSA) is 197 Å². The van der Waals surface area contributed by atoms with Crippen LogP contribution in [0, 0.1) is 10.1 Å². The van der Waals surface area contributed by atoms with E-state index in [1.807, 2.05) is 0 Å². The number of nitro benzene ring substituents is 1. The van der Waals surface area contributed by atoms with Crippen LogP contribution >= 0.6 is 0 Å². The average Bonchev–Trinajstić information content (AvgIpc) is 2.93. The number of rotatable bonds is 7. The first kappa shape index (κ1) is 20.0. The van der Waals surface area contributed by atoms with Crippen LogP contribution in [0.5, 0.6) is 0 Å². The first-order chi connectivity index (χ1) is 12.2. The first-order valence-electron chi connectivity index (χ1n) is 7.54. The molecule has 0 aromatic heterocycles. The quantitative estimate of drug-likeness (QED) is 0.196. The summed E-state index contributed by atoms with van der Waals surface area (Å²) in [6, 6.07) is 2.39. The number of nitrogens with zero attached hydrogens (tertiary/aromatic N) is 2. The molecule has 0 unspecified atom stereocenters. The van der Waals surface area contributed by atoms with E-state index in [2.05, 4.69) is 5.32 Å². The highest BCUT2D eigenvalue weighted by molar-refractivity contribution is 5.95. The van der Waals surface area contributed by atoms with E-state index < -0.39 is 54.2 Å². The Morgan fingerprint density at radius 2 is 1.73 bits per heavy atom. The van der Waals surface area contributed by atoms with Crippen LogP contribution in [0.25, 0.3) is 0 Å². The molecule has 1 aromatic rings. The summed E-state index contributed by atoms with van der Waals surface area (Å²) in [5.74, 6) is 0. The Morgan fingerprint density at radius 1 is 1.15 bits per heavy atom. The summed E-state index contributed by atoms with van der Waals surface area (Å²) in [6.45, 7) is -0.876. The number of aliphatic hydroxyl groups is 6. The van der Waals surface area contributed by atoms with Gasteiger partial charge in [0.15, 0.2) is 6.23 Å². The minimum atomic E-state index is -1.98. The van der Waals surface area contributed by atoms with E-state index in [1.165, 1.54) is 12.1 Å². The van der Waals surface area contributed by atoms with E-state index in [-0.39, 0.29) is 11.4 Å². The lowest BCUT2D eigenvalue weighted by Crippen LogP contribution is -2.55. The highest BCUT2D eigenvalue weighted by atomic mass is 16.6. The van der Waals surface area contributed by atoms with Crippen LogP contribution in [0.1, 0.15) is 0 Å². The molecule has 0 radical (unpaired) electrons. The fraction of sp³-hybridized carbons (Fsp3) is 0.500. The van der Waals surface area contributed by atoms with Crippen LogP contribution in [-0.2, 0) is 0 Å². The van der Waals surface area contributed by atoms with Crippen molar-refractivity contribution >= 4 is 17.4 Å². The van der Waals surface area contributed by atoms with Crippen molar-refractivity contribution in [2.75, 3.05) is 11.5 Å². The van der Waals surface area contributed by atoms with Gasteiger partial charge in [-0.3, -0.25) is 15.0 Å². The van der Waals surface area contributed by atoms with E-state index in [1.54, 1.807) is 0 Å². The van der Waals surface area contributed by atoms with Gasteiger partial charge in [0.25, 0.3) is 5.69 Å². The van der Waals surface area contributed by atoms with Crippen LogP contribution < -0.4 is 10.2 Å². The number of aliphatic hydroxyl groups excluding tert-OH is 6. The summed E-state index contributed by atoms with van der Waals surface area (Å²) in [5.41, 5.74) is -0.128. The molecule has 6 atom stereocenters. The molecule has 0 bridgehead atoms. The van der Waals surface area contributed by atoms with Crippen LogP contribution in [0.2, 0.25) is 0 Å². The second-order valence-corrected chi connectivity index (χ2v) is 5.75. The lowest BCUT2D eigenvalue weighted by molar-refractivity contribution is -0.384. The van der Waals surface area contributed by atoms with E-state index >= 15 is 0 Å². The third-order valence-electron chi connectivity index (χ3n) is 4.08. The van der Waals surface area contributed by atoms with E-state index in [9.17, 15) is 40.4 Å². The predicted molar refractivity (Wildman–Crippen MR) is 85.0 cm³/mol. The van der Waals surface area contributed by atoms with Crippen molar-refractivity contribution in [3.63, 3.8) is 0 Å². The number of amides is 2. The first-order valence-corrected chi connectivity index (χ1v) is 7.54. The summed E-state index contributed by atoms with van der Waals surface area (Å²) < 4.78 is 0. The minimum absolute atomic E-state index is 0.0979. The smallest absolute Gasteiger partial charge is 0.324 e. The van der Waals surface area contributed by atoms with Crippen molar-refractivity contribution in [1.82, 2.24) is 5.32 Å². The fourth-order valence-corrected chi connectivity index (χ4v) is 2.58. The number of benzene rings is 1. The molecule has 0 aliphatic carbocycles. The molecule has 26 heavy (non-hydrogen) atoms. The van der Waals surface area contributed by atoms with Crippen molar-refractivity contribution in [2.45, 2.75) is 36.7 Å². The highest BCUT2D eigenvalue weighted by Gasteiger charge is 2.46. The molecule has 1 fully saturated rings. The maximum atomic E-state index is 12.1. The molecule has 1 aromatic carbocycles. The number of non-ortho nitro benzene ring substituents is 1. The Kier molecular flexibility index (Phi) is 6.07. The van der Waals surface area contributed by atoms with Gasteiger partial charge < -0.3 is 36.0 Å². The van der Waals surface area contributed by atoms with Gasteiger partial charge in [-0.2, -0.15) is 0 Å². The average molecular weight is 373 g/mol. The van der Waals surface area contributed by atoms with Gasteiger partial charge in [-0.25, -0.2) is 4.79 Å². The lowest BCUT2D eigenvalue weighted by atomic mass is 9.97. The zero-order valence-corrected chi connectivity index (χ0v) is 13.3. The second kappa shape index (κ2) is 7.90. The summed E-state index contributed by atoms with van der Waals surface area (Å²) in [5, 5.41) is 70.9. The highest BCUT2D eigenvalue weighted by Crippen LogP contribution is 2.26. The SMILES string of the molecule is O=C1N[C@@H]([C@H](O)[C@@H](O)[C@@H](O)[C@H](O)CO)[C@@H](O)N1c1ccc([N+](=O)[O-])cc1. The van der Waals surface area contributed by atoms with E-state index in [4.69, 9.17) is 5.11 Å². The molecule has 2 amide bonds. The van der Waals surface area contributed by atoms with Crippen molar-refractivity contribution in [1.29, 1.82) is 0 Å². The largest absolute Gasteiger partial charge is 0.394 e. The standard InChI is InChI=1S/C14H19N3O9/c18-5-8(19)10(20)12(22)11(21)9-13(23)16(14(24)15-9)6-1-3-7(4-2-6)17(25)26/h1-4,8-13,18-23H,5H2,(H,15,24)/t8-,9+,10+,11+,12+,13-/m1/s1. The van der Waals surface area contributed by atoms with Crippen molar-refractivity contribution in [3.05, 3.63) is 34.4 Å². The molecule has 12 heteroatoms. The number of nitrogens with one attached hydrogen (secondary N) is 1. The number of carbonyl (C=O) groups is 1. The maximum absolute atomic E-state index is 12.1. The third kappa shape index (κ3) is 3.75. The van der Waals surface area contributed by atoms with Crippen LogP contribution in [-0.4, -0.2) is 84.9 Å². The zero-order valence-electron chi connectivity index (χ0n) is 13.3. The summed E-state index contributed by atoms with van der Waals surface area (Å²) >= 11 is 0. The molecule has 1 aliphatic rings. The molecule has 0 saturated carbocycles. The predicted octanol–water partition coefficient (Wildman–Crippen LogP) is -2.75. The summed E-state index contributed by atoms with van der Waals surface area (Å²) in [7, 11) is 0. The Balaban J connectivity index is 2.17. The number of hydrogen-bond donors (Lipinski definition) is 7. The van der Waals surface area contributed by atoms with Gasteiger partial charge in [0.05, 0.1) is 11.5 Å². The molecule has 2 rings (SSSR count). The zero-order chi connectivity index (χ0) is 19.6.